The molecule has 0 aliphatic carbocycles. The van der Waals surface area contributed by atoms with E-state index in [2.05, 4.69) is 57.0 Å². The molecule has 2 N–H and O–H groups in total. The molecular formula is C17H17Br2NO. The summed E-state index contributed by atoms with van der Waals surface area (Å²) in [7, 11) is 0. The molecule has 2 aromatic rings. The monoisotopic (exact) mass is 409 g/mol. The fourth-order valence-corrected chi connectivity index (χ4v) is 3.80. The van der Waals surface area contributed by atoms with Crippen molar-refractivity contribution in [2.75, 3.05) is 6.61 Å². The number of hydrogen-bond acceptors (Lipinski definition) is 2. The minimum Gasteiger partial charge on any atom is -0.493 e. The Bertz CT molecular complexity index is 685. The van der Waals surface area contributed by atoms with E-state index in [0.717, 1.165) is 34.1 Å². The third-order valence-electron chi connectivity index (χ3n) is 3.97. The topological polar surface area (TPSA) is 35.2 Å². The van der Waals surface area contributed by atoms with E-state index >= 15 is 0 Å². The fraction of sp³-hybridized carbons (Fsp3) is 0.294. The molecule has 21 heavy (non-hydrogen) atoms. The molecule has 0 aromatic heterocycles. The van der Waals surface area contributed by atoms with E-state index in [1.54, 1.807) is 0 Å². The molecule has 0 fully saturated rings. The van der Waals surface area contributed by atoms with Crippen LogP contribution in [0.2, 0.25) is 0 Å². The lowest BCUT2D eigenvalue weighted by Gasteiger charge is -2.17. The lowest BCUT2D eigenvalue weighted by atomic mass is 9.95. The SMILES string of the molecule is Cc1c(Br)cccc1C(N)Cc1cc(Br)cc2c1OCC2. The lowest BCUT2D eigenvalue weighted by molar-refractivity contribution is 0.352. The second-order valence-corrected chi connectivity index (χ2v) is 7.19. The Morgan fingerprint density at radius 2 is 2.10 bits per heavy atom. The summed E-state index contributed by atoms with van der Waals surface area (Å²) in [5, 5.41) is 0. The van der Waals surface area contributed by atoms with Gasteiger partial charge in [0.1, 0.15) is 5.75 Å². The molecule has 4 heteroatoms. The molecule has 1 unspecified atom stereocenters. The van der Waals surface area contributed by atoms with Gasteiger partial charge in [0.25, 0.3) is 0 Å². The van der Waals surface area contributed by atoms with Crippen LogP contribution in [0.1, 0.15) is 28.3 Å². The van der Waals surface area contributed by atoms with Crippen molar-refractivity contribution < 1.29 is 4.74 Å². The van der Waals surface area contributed by atoms with Gasteiger partial charge in [0.15, 0.2) is 0 Å². The van der Waals surface area contributed by atoms with Crippen molar-refractivity contribution in [2.24, 2.45) is 5.73 Å². The average Bonchev–Trinajstić information content (AvgIpc) is 2.90. The minimum absolute atomic E-state index is 0.0369. The maximum absolute atomic E-state index is 6.45. The molecule has 1 aliphatic rings. The molecule has 0 radical (unpaired) electrons. The van der Waals surface area contributed by atoms with Gasteiger partial charge in [0.05, 0.1) is 6.61 Å². The number of nitrogens with two attached hydrogens (primary N) is 1. The Kier molecular flexibility index (Phi) is 4.38. The van der Waals surface area contributed by atoms with E-state index < -0.39 is 0 Å². The zero-order valence-corrected chi connectivity index (χ0v) is 15.0. The molecule has 3 rings (SSSR count). The average molecular weight is 411 g/mol. The molecule has 0 spiro atoms. The number of rotatable bonds is 3. The van der Waals surface area contributed by atoms with Gasteiger partial charge in [-0.05, 0) is 53.8 Å². The molecule has 110 valence electrons. The number of hydrogen-bond donors (Lipinski definition) is 1. The predicted octanol–water partition coefficient (Wildman–Crippen LogP) is 4.70. The van der Waals surface area contributed by atoms with E-state index in [0.29, 0.717) is 0 Å². The van der Waals surface area contributed by atoms with Crippen LogP contribution in [0.5, 0.6) is 5.75 Å². The summed E-state index contributed by atoms with van der Waals surface area (Å²) in [6, 6.07) is 10.4. The van der Waals surface area contributed by atoms with Gasteiger partial charge in [-0.1, -0.05) is 44.0 Å². The highest BCUT2D eigenvalue weighted by Gasteiger charge is 2.20. The summed E-state index contributed by atoms with van der Waals surface area (Å²) in [4.78, 5) is 0. The van der Waals surface area contributed by atoms with Crippen molar-refractivity contribution in [3.63, 3.8) is 0 Å². The van der Waals surface area contributed by atoms with Crippen LogP contribution in [-0.2, 0) is 12.8 Å². The predicted molar refractivity (Wildman–Crippen MR) is 92.9 cm³/mol. The van der Waals surface area contributed by atoms with Crippen molar-refractivity contribution in [1.82, 2.24) is 0 Å². The molecule has 0 bridgehead atoms. The van der Waals surface area contributed by atoms with Crippen LogP contribution in [0, 0.1) is 6.92 Å². The van der Waals surface area contributed by atoms with Crippen molar-refractivity contribution in [3.05, 3.63) is 61.5 Å². The van der Waals surface area contributed by atoms with Crippen molar-refractivity contribution in [3.8, 4) is 5.75 Å². The molecule has 2 aromatic carbocycles. The van der Waals surface area contributed by atoms with Gasteiger partial charge in [-0.25, -0.2) is 0 Å². The van der Waals surface area contributed by atoms with Crippen LogP contribution >= 0.6 is 31.9 Å². The third kappa shape index (κ3) is 3.03. The summed E-state index contributed by atoms with van der Waals surface area (Å²) in [6.07, 6.45) is 1.76. The highest BCUT2D eigenvalue weighted by atomic mass is 79.9. The summed E-state index contributed by atoms with van der Waals surface area (Å²) in [6.45, 7) is 2.87. The summed E-state index contributed by atoms with van der Waals surface area (Å²) in [5.41, 5.74) is 11.3. The zero-order chi connectivity index (χ0) is 15.0. The summed E-state index contributed by atoms with van der Waals surface area (Å²) < 4.78 is 7.99. The Labute approximate surface area is 141 Å². The first-order valence-electron chi connectivity index (χ1n) is 7.01. The van der Waals surface area contributed by atoms with Gasteiger partial charge < -0.3 is 10.5 Å². The smallest absolute Gasteiger partial charge is 0.125 e. The Balaban J connectivity index is 1.92. The van der Waals surface area contributed by atoms with Crippen LogP contribution in [0.25, 0.3) is 0 Å². The standard InChI is InChI=1S/C17H17Br2NO/c1-10-14(3-2-4-15(10)19)16(20)9-12-8-13(18)7-11-5-6-21-17(11)12/h2-4,7-8,16H,5-6,9,20H2,1H3. The normalized spacial score (nSPS) is 14.7. The Hall–Kier alpha value is -0.840. The van der Waals surface area contributed by atoms with Gasteiger partial charge in [-0.3, -0.25) is 0 Å². The van der Waals surface area contributed by atoms with Gasteiger partial charge in [-0.2, -0.15) is 0 Å². The maximum Gasteiger partial charge on any atom is 0.125 e. The van der Waals surface area contributed by atoms with Gasteiger partial charge in [0, 0.05) is 21.4 Å². The van der Waals surface area contributed by atoms with Crippen LogP contribution in [0.3, 0.4) is 0 Å². The summed E-state index contributed by atoms with van der Waals surface area (Å²) >= 11 is 7.16. The highest BCUT2D eigenvalue weighted by molar-refractivity contribution is 9.10. The van der Waals surface area contributed by atoms with Gasteiger partial charge >= 0.3 is 0 Å². The Morgan fingerprint density at radius 1 is 1.29 bits per heavy atom. The fourth-order valence-electron chi connectivity index (χ4n) is 2.87. The van der Waals surface area contributed by atoms with E-state index in [-0.39, 0.29) is 6.04 Å². The second-order valence-electron chi connectivity index (χ2n) is 5.42. The van der Waals surface area contributed by atoms with Gasteiger partial charge in [-0.15, -0.1) is 0 Å². The third-order valence-corrected chi connectivity index (χ3v) is 5.29. The van der Waals surface area contributed by atoms with E-state index in [9.17, 15) is 0 Å². The number of halogens is 2. The van der Waals surface area contributed by atoms with E-state index in [1.807, 2.05) is 12.1 Å². The van der Waals surface area contributed by atoms with Crippen molar-refractivity contribution in [1.29, 1.82) is 0 Å². The number of benzene rings is 2. The molecule has 1 atom stereocenters. The largest absolute Gasteiger partial charge is 0.493 e. The lowest BCUT2D eigenvalue weighted by Crippen LogP contribution is -2.15. The van der Waals surface area contributed by atoms with Crippen LogP contribution in [0.4, 0.5) is 0 Å². The molecule has 0 saturated carbocycles. The van der Waals surface area contributed by atoms with E-state index in [4.69, 9.17) is 10.5 Å². The molecule has 1 aliphatic heterocycles. The van der Waals surface area contributed by atoms with Crippen LogP contribution < -0.4 is 10.5 Å². The number of ether oxygens (including phenoxy) is 1. The van der Waals surface area contributed by atoms with Crippen molar-refractivity contribution in [2.45, 2.75) is 25.8 Å². The quantitative estimate of drug-likeness (QED) is 0.795. The molecule has 2 nitrogen and oxygen atoms in total. The first kappa shape index (κ1) is 15.1. The number of fused-ring (bicyclic) bond motifs is 1. The molecule has 0 saturated heterocycles. The van der Waals surface area contributed by atoms with Crippen LogP contribution in [0.15, 0.2) is 39.3 Å². The van der Waals surface area contributed by atoms with Crippen LogP contribution in [-0.4, -0.2) is 6.61 Å². The van der Waals surface area contributed by atoms with Crippen molar-refractivity contribution >= 4 is 31.9 Å². The minimum atomic E-state index is -0.0369. The first-order valence-corrected chi connectivity index (χ1v) is 8.59. The molecule has 0 amide bonds. The summed E-state index contributed by atoms with van der Waals surface area (Å²) in [5.74, 6) is 1.03. The Morgan fingerprint density at radius 3 is 2.90 bits per heavy atom. The second kappa shape index (κ2) is 6.11. The van der Waals surface area contributed by atoms with Gasteiger partial charge in [0.2, 0.25) is 0 Å². The maximum atomic E-state index is 6.45. The molecule has 1 heterocycles. The highest BCUT2D eigenvalue weighted by Crippen LogP contribution is 2.35. The zero-order valence-electron chi connectivity index (χ0n) is 11.8. The van der Waals surface area contributed by atoms with E-state index in [1.165, 1.54) is 22.3 Å². The molecular weight excluding hydrogens is 394 g/mol. The first-order chi connectivity index (χ1) is 10.1.